The molecule has 0 saturated heterocycles. The number of nitrogens with zero attached hydrogens (tertiary/aromatic N) is 2. The van der Waals surface area contributed by atoms with Crippen molar-refractivity contribution in [3.8, 4) is 5.69 Å². The number of nitrogens with two attached hydrogens (primary N) is 1. The van der Waals surface area contributed by atoms with Crippen molar-refractivity contribution in [2.24, 2.45) is 5.73 Å². The Bertz CT molecular complexity index is 557. The second-order valence-corrected chi connectivity index (χ2v) is 5.46. The molecule has 0 saturated carbocycles. The van der Waals surface area contributed by atoms with Crippen molar-refractivity contribution < 1.29 is 0 Å². The molecule has 0 aliphatic rings. The standard InChI is InChI=1S/C17H25N3/c1-4-6-17-19-9-10-20(17)16-8-7-14(11-13(16)3)12-15(18)5-2/h7-11,15H,4-6,12,18H2,1-3H3. The number of imidazole rings is 1. The monoisotopic (exact) mass is 271 g/mol. The molecule has 1 aromatic heterocycles. The molecule has 0 radical (unpaired) electrons. The molecular formula is C17H25N3. The van der Waals surface area contributed by atoms with Gasteiger partial charge in [-0.15, -0.1) is 0 Å². The third kappa shape index (κ3) is 3.28. The summed E-state index contributed by atoms with van der Waals surface area (Å²) in [4.78, 5) is 4.45. The minimum Gasteiger partial charge on any atom is -0.327 e. The van der Waals surface area contributed by atoms with Crippen molar-refractivity contribution in [2.75, 3.05) is 0 Å². The molecule has 0 spiro atoms. The predicted molar refractivity (Wildman–Crippen MR) is 84.3 cm³/mol. The Morgan fingerprint density at radius 3 is 2.75 bits per heavy atom. The van der Waals surface area contributed by atoms with Crippen LogP contribution in [0.2, 0.25) is 0 Å². The number of benzene rings is 1. The maximum Gasteiger partial charge on any atom is 0.113 e. The lowest BCUT2D eigenvalue weighted by Crippen LogP contribution is -2.21. The largest absolute Gasteiger partial charge is 0.327 e. The highest BCUT2D eigenvalue weighted by Gasteiger charge is 2.08. The molecule has 1 unspecified atom stereocenters. The Labute approximate surface area is 121 Å². The van der Waals surface area contributed by atoms with E-state index in [1.165, 1.54) is 16.8 Å². The van der Waals surface area contributed by atoms with Gasteiger partial charge in [-0.05, 0) is 43.4 Å². The number of aryl methyl sites for hydroxylation is 2. The van der Waals surface area contributed by atoms with Gasteiger partial charge >= 0.3 is 0 Å². The van der Waals surface area contributed by atoms with Crippen LogP contribution in [0.1, 0.15) is 43.6 Å². The van der Waals surface area contributed by atoms with Crippen molar-refractivity contribution in [3.05, 3.63) is 47.5 Å². The molecule has 3 nitrogen and oxygen atoms in total. The van der Waals surface area contributed by atoms with E-state index in [0.717, 1.165) is 31.5 Å². The van der Waals surface area contributed by atoms with Crippen LogP contribution in [0.5, 0.6) is 0 Å². The number of rotatable bonds is 6. The highest BCUT2D eigenvalue weighted by atomic mass is 15.1. The van der Waals surface area contributed by atoms with E-state index < -0.39 is 0 Å². The fraction of sp³-hybridized carbons (Fsp3) is 0.471. The lowest BCUT2D eigenvalue weighted by Gasteiger charge is -2.14. The van der Waals surface area contributed by atoms with E-state index in [4.69, 9.17) is 5.73 Å². The fourth-order valence-electron chi connectivity index (χ4n) is 2.52. The minimum absolute atomic E-state index is 0.254. The second kappa shape index (κ2) is 6.71. The zero-order valence-corrected chi connectivity index (χ0v) is 12.8. The lowest BCUT2D eigenvalue weighted by atomic mass is 10.0. The van der Waals surface area contributed by atoms with Crippen molar-refractivity contribution in [1.82, 2.24) is 9.55 Å². The van der Waals surface area contributed by atoms with Gasteiger partial charge in [0.2, 0.25) is 0 Å². The predicted octanol–water partition coefficient (Wildman–Crippen LogP) is 3.41. The summed E-state index contributed by atoms with van der Waals surface area (Å²) in [6, 6.07) is 6.88. The van der Waals surface area contributed by atoms with Crippen LogP contribution in [-0.4, -0.2) is 15.6 Å². The van der Waals surface area contributed by atoms with E-state index in [1.807, 2.05) is 12.4 Å². The molecule has 1 heterocycles. The van der Waals surface area contributed by atoms with Gasteiger partial charge in [0.25, 0.3) is 0 Å². The van der Waals surface area contributed by atoms with Crippen LogP contribution in [0.25, 0.3) is 5.69 Å². The zero-order valence-electron chi connectivity index (χ0n) is 12.8. The molecule has 0 amide bonds. The Morgan fingerprint density at radius 2 is 2.10 bits per heavy atom. The maximum absolute atomic E-state index is 6.04. The van der Waals surface area contributed by atoms with Gasteiger partial charge in [-0.3, -0.25) is 0 Å². The van der Waals surface area contributed by atoms with Crippen LogP contribution in [0.4, 0.5) is 0 Å². The Balaban J connectivity index is 2.27. The van der Waals surface area contributed by atoms with E-state index in [2.05, 4.69) is 48.5 Å². The second-order valence-electron chi connectivity index (χ2n) is 5.46. The molecule has 108 valence electrons. The topological polar surface area (TPSA) is 43.8 Å². The van der Waals surface area contributed by atoms with Crippen LogP contribution < -0.4 is 5.73 Å². The Kier molecular flexibility index (Phi) is 4.96. The van der Waals surface area contributed by atoms with Crippen molar-refractivity contribution in [1.29, 1.82) is 0 Å². The Hall–Kier alpha value is -1.61. The van der Waals surface area contributed by atoms with E-state index in [9.17, 15) is 0 Å². The fourth-order valence-corrected chi connectivity index (χ4v) is 2.52. The van der Waals surface area contributed by atoms with E-state index >= 15 is 0 Å². The third-order valence-corrected chi connectivity index (χ3v) is 3.73. The summed E-state index contributed by atoms with van der Waals surface area (Å²) in [6.07, 6.45) is 8.01. The van der Waals surface area contributed by atoms with Crippen LogP contribution >= 0.6 is 0 Å². The summed E-state index contributed by atoms with van der Waals surface area (Å²) in [6.45, 7) is 6.47. The zero-order chi connectivity index (χ0) is 14.5. The molecular weight excluding hydrogens is 246 g/mol. The molecule has 0 fully saturated rings. The highest BCUT2D eigenvalue weighted by Crippen LogP contribution is 2.19. The van der Waals surface area contributed by atoms with Crippen LogP contribution in [0.15, 0.2) is 30.6 Å². The SMILES string of the molecule is CCCc1nccn1-c1ccc(CC(N)CC)cc1C. The number of hydrogen-bond acceptors (Lipinski definition) is 2. The molecule has 20 heavy (non-hydrogen) atoms. The summed E-state index contributed by atoms with van der Waals surface area (Å²) in [5.41, 5.74) is 9.85. The first kappa shape index (κ1) is 14.8. The molecule has 1 atom stereocenters. The molecule has 2 N–H and O–H groups in total. The van der Waals surface area contributed by atoms with Gasteiger partial charge in [-0.1, -0.05) is 26.0 Å². The summed E-state index contributed by atoms with van der Waals surface area (Å²) in [5, 5.41) is 0. The average molecular weight is 271 g/mol. The minimum atomic E-state index is 0.254. The van der Waals surface area contributed by atoms with Gasteiger partial charge in [-0.2, -0.15) is 0 Å². The van der Waals surface area contributed by atoms with Crippen molar-refractivity contribution >= 4 is 0 Å². The summed E-state index contributed by atoms with van der Waals surface area (Å²) < 4.78 is 2.20. The smallest absolute Gasteiger partial charge is 0.113 e. The van der Waals surface area contributed by atoms with E-state index in [0.29, 0.717) is 0 Å². The van der Waals surface area contributed by atoms with Gasteiger partial charge in [0, 0.05) is 30.5 Å². The Morgan fingerprint density at radius 1 is 1.30 bits per heavy atom. The molecule has 0 bridgehead atoms. The quantitative estimate of drug-likeness (QED) is 0.875. The summed E-state index contributed by atoms with van der Waals surface area (Å²) in [5.74, 6) is 1.13. The highest BCUT2D eigenvalue weighted by molar-refractivity contribution is 5.44. The molecule has 0 aliphatic heterocycles. The van der Waals surface area contributed by atoms with Crippen LogP contribution in [0.3, 0.4) is 0 Å². The number of aromatic nitrogens is 2. The third-order valence-electron chi connectivity index (χ3n) is 3.73. The maximum atomic E-state index is 6.04. The first-order valence-corrected chi connectivity index (χ1v) is 7.53. The molecule has 0 aliphatic carbocycles. The van der Waals surface area contributed by atoms with Crippen LogP contribution in [0, 0.1) is 6.92 Å². The summed E-state index contributed by atoms with van der Waals surface area (Å²) in [7, 11) is 0. The molecule has 2 rings (SSSR count). The molecule has 2 aromatic rings. The molecule has 3 heteroatoms. The molecule has 1 aromatic carbocycles. The normalized spacial score (nSPS) is 12.6. The van der Waals surface area contributed by atoms with Gasteiger partial charge in [0.15, 0.2) is 0 Å². The van der Waals surface area contributed by atoms with Crippen LogP contribution in [-0.2, 0) is 12.8 Å². The lowest BCUT2D eigenvalue weighted by molar-refractivity contribution is 0.646. The van der Waals surface area contributed by atoms with E-state index in [1.54, 1.807) is 0 Å². The first-order chi connectivity index (χ1) is 9.65. The average Bonchev–Trinajstić information content (AvgIpc) is 2.87. The summed E-state index contributed by atoms with van der Waals surface area (Å²) >= 11 is 0. The first-order valence-electron chi connectivity index (χ1n) is 7.53. The van der Waals surface area contributed by atoms with Gasteiger partial charge < -0.3 is 10.3 Å². The van der Waals surface area contributed by atoms with Gasteiger partial charge in [-0.25, -0.2) is 4.98 Å². The van der Waals surface area contributed by atoms with E-state index in [-0.39, 0.29) is 6.04 Å². The van der Waals surface area contributed by atoms with Gasteiger partial charge in [0.05, 0.1) is 0 Å². The number of hydrogen-bond donors (Lipinski definition) is 1. The van der Waals surface area contributed by atoms with Crippen molar-refractivity contribution in [3.63, 3.8) is 0 Å². The van der Waals surface area contributed by atoms with Crippen molar-refractivity contribution in [2.45, 2.75) is 52.5 Å². The van der Waals surface area contributed by atoms with Gasteiger partial charge in [0.1, 0.15) is 5.82 Å².